The number of alkyl halides is 1. The van der Waals surface area contributed by atoms with Crippen molar-refractivity contribution in [1.82, 2.24) is 25.3 Å². The molecule has 4 heterocycles. The number of rotatable bonds is 5. The van der Waals surface area contributed by atoms with E-state index in [0.717, 1.165) is 64.3 Å². The molecule has 228 valence electrons. The number of halogens is 1. The molecule has 8 nitrogen and oxygen atoms in total. The molecule has 1 spiro atoms. The lowest BCUT2D eigenvalue weighted by molar-refractivity contribution is -0.0817. The van der Waals surface area contributed by atoms with Gasteiger partial charge in [0.15, 0.2) is 0 Å². The minimum absolute atomic E-state index is 0.0137. The Morgan fingerprint density at radius 3 is 2.58 bits per heavy atom. The second kappa shape index (κ2) is 12.3. The van der Waals surface area contributed by atoms with Crippen LogP contribution in [0, 0.1) is 23.2 Å². The summed E-state index contributed by atoms with van der Waals surface area (Å²) in [5.74, 6) is 1.82. The van der Waals surface area contributed by atoms with Gasteiger partial charge in [-0.25, -0.2) is 9.18 Å². The lowest BCUT2D eigenvalue weighted by Gasteiger charge is -2.58. The number of methoxy groups -OCH3 is 1. The summed E-state index contributed by atoms with van der Waals surface area (Å²) in [7, 11) is 4.08. The molecule has 6 aliphatic rings. The molecular formula is C31H54FN5O3. The Balaban J connectivity index is 1.24. The van der Waals surface area contributed by atoms with Crippen molar-refractivity contribution in [3.05, 3.63) is 0 Å². The van der Waals surface area contributed by atoms with Crippen LogP contribution in [-0.2, 0) is 4.74 Å². The number of aliphatic hydroxyl groups excluding tert-OH is 1. The highest BCUT2D eigenvalue weighted by atomic mass is 19.1. The van der Waals surface area contributed by atoms with Crippen LogP contribution in [0.15, 0.2) is 0 Å². The predicted octanol–water partition coefficient (Wildman–Crippen LogP) is 2.85. The zero-order valence-electron chi connectivity index (χ0n) is 24.9. The Morgan fingerprint density at radius 1 is 1.12 bits per heavy atom. The number of ether oxygens (including phenoxy) is 1. The van der Waals surface area contributed by atoms with E-state index < -0.39 is 6.17 Å². The predicted molar refractivity (Wildman–Crippen MR) is 154 cm³/mol. The molecule has 4 aliphatic heterocycles. The van der Waals surface area contributed by atoms with Crippen LogP contribution in [0.4, 0.5) is 9.18 Å². The first-order chi connectivity index (χ1) is 19.4. The van der Waals surface area contributed by atoms with Gasteiger partial charge < -0.3 is 30.3 Å². The van der Waals surface area contributed by atoms with Crippen molar-refractivity contribution in [1.29, 1.82) is 0 Å². The molecule has 3 N–H and O–H groups in total. The summed E-state index contributed by atoms with van der Waals surface area (Å²) in [6.07, 6.45) is 10.2. The van der Waals surface area contributed by atoms with Gasteiger partial charge in [-0.05, 0) is 127 Å². The fourth-order valence-corrected chi connectivity index (χ4v) is 10.0. The van der Waals surface area contributed by atoms with E-state index in [1.807, 2.05) is 12.0 Å². The quantitative estimate of drug-likeness (QED) is 0.478. The average Bonchev–Trinajstić information content (AvgIpc) is 3.28. The van der Waals surface area contributed by atoms with Crippen molar-refractivity contribution in [3.8, 4) is 0 Å². The summed E-state index contributed by atoms with van der Waals surface area (Å²) >= 11 is 0. The number of nitrogens with zero attached hydrogens (tertiary/aromatic N) is 3. The number of aliphatic hydroxyl groups is 1. The monoisotopic (exact) mass is 563 g/mol. The van der Waals surface area contributed by atoms with Crippen molar-refractivity contribution in [3.63, 3.8) is 0 Å². The van der Waals surface area contributed by atoms with Crippen LogP contribution in [-0.4, -0.2) is 122 Å². The van der Waals surface area contributed by atoms with E-state index in [1.54, 1.807) is 0 Å². The summed E-state index contributed by atoms with van der Waals surface area (Å²) < 4.78 is 19.6. The molecule has 0 radical (unpaired) electrons. The topological polar surface area (TPSA) is 80.3 Å². The molecule has 0 aromatic heterocycles. The van der Waals surface area contributed by atoms with Crippen molar-refractivity contribution in [2.45, 2.75) is 107 Å². The third kappa shape index (κ3) is 5.54. The first-order valence-electron chi connectivity index (χ1n) is 16.4. The van der Waals surface area contributed by atoms with Crippen LogP contribution < -0.4 is 10.6 Å². The van der Waals surface area contributed by atoms with Crippen LogP contribution in [0.2, 0.25) is 0 Å². The highest BCUT2D eigenvalue weighted by molar-refractivity contribution is 5.75. The Morgan fingerprint density at radius 2 is 1.90 bits per heavy atom. The number of piperidine rings is 3. The summed E-state index contributed by atoms with van der Waals surface area (Å²) in [4.78, 5) is 21.2. The van der Waals surface area contributed by atoms with Gasteiger partial charge in [0, 0.05) is 38.3 Å². The molecule has 0 bridgehead atoms. The zero-order valence-corrected chi connectivity index (χ0v) is 24.9. The van der Waals surface area contributed by atoms with Gasteiger partial charge >= 0.3 is 6.03 Å². The third-order valence-electron chi connectivity index (χ3n) is 12.2. The van der Waals surface area contributed by atoms with Gasteiger partial charge in [0.1, 0.15) is 6.17 Å². The zero-order chi connectivity index (χ0) is 27.9. The van der Waals surface area contributed by atoms with Crippen LogP contribution in [0.3, 0.4) is 0 Å². The molecule has 7 atom stereocenters. The van der Waals surface area contributed by atoms with E-state index in [1.165, 1.54) is 25.8 Å². The molecule has 0 aromatic carbocycles. The summed E-state index contributed by atoms with van der Waals surface area (Å²) in [5, 5.41) is 17.7. The molecule has 6 unspecified atom stereocenters. The van der Waals surface area contributed by atoms with Crippen LogP contribution in [0.1, 0.15) is 70.6 Å². The van der Waals surface area contributed by atoms with E-state index >= 15 is 0 Å². The number of hydrogen-bond acceptors (Lipinski definition) is 6. The number of urea groups is 1. The second-order valence-electron chi connectivity index (χ2n) is 14.2. The molecule has 40 heavy (non-hydrogen) atoms. The molecule has 0 aromatic rings. The Bertz CT molecular complexity index is 858. The van der Waals surface area contributed by atoms with E-state index in [9.17, 15) is 14.3 Å². The highest BCUT2D eigenvalue weighted by Crippen LogP contribution is 2.58. The lowest BCUT2D eigenvalue weighted by Crippen LogP contribution is -2.68. The van der Waals surface area contributed by atoms with Crippen LogP contribution in [0.5, 0.6) is 0 Å². The minimum Gasteiger partial charge on any atom is -0.394 e. The van der Waals surface area contributed by atoms with E-state index in [0.29, 0.717) is 49.7 Å². The van der Waals surface area contributed by atoms with Crippen molar-refractivity contribution in [2.24, 2.45) is 23.2 Å². The van der Waals surface area contributed by atoms with Crippen molar-refractivity contribution in [2.75, 3.05) is 60.0 Å². The standard InChI is InChI=1S/C31H54FN5O3/c1-35-26-16-24(40-2)9-10-25(26)28-29(35)27(19-38)37(30(39)34-23-7-5-22(32)6-8-23)20-31(28)11-14-36(15-12-31)18-21-4-3-13-33-17-21/h21-29,33,38H,3-20H2,1-2H3,(H,34,39)/t21?,22?,23?,24?,25?,26?,27-,28?,29?/m1/s1. The number of fused-ring (bicyclic) bond motifs is 4. The van der Waals surface area contributed by atoms with E-state index in [-0.39, 0.29) is 36.2 Å². The largest absolute Gasteiger partial charge is 0.394 e. The van der Waals surface area contributed by atoms with Crippen LogP contribution in [0.25, 0.3) is 0 Å². The summed E-state index contributed by atoms with van der Waals surface area (Å²) in [6, 6.07) is 0.369. The number of hydrogen-bond donors (Lipinski definition) is 3. The molecule has 2 saturated carbocycles. The van der Waals surface area contributed by atoms with Crippen molar-refractivity contribution < 1.29 is 19.0 Å². The van der Waals surface area contributed by atoms with Gasteiger partial charge in [-0.15, -0.1) is 0 Å². The fourth-order valence-electron chi connectivity index (χ4n) is 10.0. The van der Waals surface area contributed by atoms with Crippen LogP contribution >= 0.6 is 0 Å². The Kier molecular flexibility index (Phi) is 8.95. The van der Waals surface area contributed by atoms with Gasteiger partial charge in [0.25, 0.3) is 0 Å². The molecule has 2 aliphatic carbocycles. The van der Waals surface area contributed by atoms with Gasteiger partial charge in [0.2, 0.25) is 0 Å². The Labute approximate surface area is 240 Å². The molecule has 4 saturated heterocycles. The number of likely N-dealkylation sites (N-methyl/N-ethyl adjacent to an activating group) is 1. The van der Waals surface area contributed by atoms with Gasteiger partial charge in [-0.3, -0.25) is 4.90 Å². The number of nitrogens with one attached hydrogen (secondary N) is 2. The lowest BCUT2D eigenvalue weighted by atomic mass is 9.57. The molecule has 2 amide bonds. The SMILES string of the molecule is COC1CCC2C(C1)N(C)C1C2C2(CCN(CC3CCCNC3)CC2)CN(C(=O)NC2CCC(F)CC2)[C@@H]1CO. The van der Waals surface area contributed by atoms with Gasteiger partial charge in [-0.2, -0.15) is 0 Å². The summed E-state index contributed by atoms with van der Waals surface area (Å²) in [6.45, 7) is 6.38. The third-order valence-corrected chi connectivity index (χ3v) is 12.2. The number of amides is 2. The summed E-state index contributed by atoms with van der Waals surface area (Å²) in [5.41, 5.74) is 0.0686. The molecule has 9 heteroatoms. The molecule has 6 fully saturated rings. The van der Waals surface area contributed by atoms with Gasteiger partial charge in [0.05, 0.1) is 18.8 Å². The van der Waals surface area contributed by atoms with Gasteiger partial charge in [-0.1, -0.05) is 0 Å². The normalized spacial score (nSPS) is 42.4. The minimum atomic E-state index is -0.738. The number of likely N-dealkylation sites (tertiary alicyclic amines) is 3. The molecular weight excluding hydrogens is 509 g/mol. The second-order valence-corrected chi connectivity index (χ2v) is 14.2. The smallest absolute Gasteiger partial charge is 0.318 e. The Hall–Kier alpha value is -1.00. The average molecular weight is 564 g/mol. The van der Waals surface area contributed by atoms with E-state index in [4.69, 9.17) is 4.74 Å². The first-order valence-corrected chi connectivity index (χ1v) is 16.4. The molecule has 6 rings (SSSR count). The van der Waals surface area contributed by atoms with Crippen molar-refractivity contribution >= 4 is 6.03 Å². The fraction of sp³-hybridized carbons (Fsp3) is 0.968. The highest BCUT2D eigenvalue weighted by Gasteiger charge is 2.63. The maximum atomic E-state index is 13.9. The van der Waals surface area contributed by atoms with E-state index in [2.05, 4.69) is 27.5 Å². The number of carbonyl (C=O) groups excluding carboxylic acids is 1. The maximum Gasteiger partial charge on any atom is 0.318 e. The maximum absolute atomic E-state index is 13.9. The first kappa shape index (κ1) is 29.1. The number of carbonyl (C=O) groups is 1.